The second-order valence-corrected chi connectivity index (χ2v) is 6.29. The quantitative estimate of drug-likeness (QED) is 0.618. The normalized spacial score (nSPS) is 15.7. The first-order valence-corrected chi connectivity index (χ1v) is 7.57. The number of carbonyl (C=O) groups excluding carboxylic acids is 1. The molecule has 1 aliphatic heterocycles. The first kappa shape index (κ1) is 14.9. The average molecular weight is 324 g/mol. The molecule has 9 heteroatoms. The first-order valence-electron chi connectivity index (χ1n) is 5.18. The van der Waals surface area contributed by atoms with Gasteiger partial charge in [0, 0.05) is 10.5 Å². The summed E-state index contributed by atoms with van der Waals surface area (Å²) in [5.41, 5.74) is -5.37. The van der Waals surface area contributed by atoms with Crippen LogP contribution in [0, 0.1) is 0 Å². The minimum absolute atomic E-state index is 0.124. The zero-order valence-corrected chi connectivity index (χ0v) is 11.3. The zero-order chi connectivity index (χ0) is 15.0. The fourth-order valence-corrected chi connectivity index (χ4v) is 2.79. The van der Waals surface area contributed by atoms with Gasteiger partial charge in [0.1, 0.15) is 0 Å². The van der Waals surface area contributed by atoms with Gasteiger partial charge in [0.2, 0.25) is 0 Å². The van der Waals surface area contributed by atoms with Gasteiger partial charge in [0.05, 0.1) is 5.75 Å². The fraction of sp³-hybridized carbons (Fsp3) is 0.182. The Hall–Kier alpha value is -1.48. The second-order valence-electron chi connectivity index (χ2n) is 3.74. The SMILES string of the molecule is O=C1C=Cc2c(OS(=O)(=O)C(F)(F)F)cccc2SC1. The minimum Gasteiger partial charge on any atom is -0.375 e. The van der Waals surface area contributed by atoms with E-state index in [1.807, 2.05) is 0 Å². The van der Waals surface area contributed by atoms with Gasteiger partial charge in [-0.05, 0) is 24.3 Å². The lowest BCUT2D eigenvalue weighted by atomic mass is 10.2. The van der Waals surface area contributed by atoms with Crippen molar-refractivity contribution in [2.75, 3.05) is 5.75 Å². The van der Waals surface area contributed by atoms with Gasteiger partial charge in [-0.25, -0.2) is 0 Å². The Morgan fingerprint density at radius 1 is 1.20 bits per heavy atom. The zero-order valence-electron chi connectivity index (χ0n) is 9.68. The van der Waals surface area contributed by atoms with E-state index in [0.29, 0.717) is 4.90 Å². The number of carbonyl (C=O) groups is 1. The van der Waals surface area contributed by atoms with Crippen LogP contribution in [0.2, 0.25) is 0 Å². The largest absolute Gasteiger partial charge is 0.534 e. The molecule has 0 aliphatic carbocycles. The van der Waals surface area contributed by atoms with Crippen molar-refractivity contribution in [2.45, 2.75) is 10.4 Å². The van der Waals surface area contributed by atoms with Crippen LogP contribution >= 0.6 is 11.8 Å². The number of hydrogen-bond acceptors (Lipinski definition) is 5. The van der Waals surface area contributed by atoms with E-state index in [-0.39, 0.29) is 17.1 Å². The standard InChI is InChI=1S/C11H7F3O4S2/c12-11(13,14)20(16,17)18-9-2-1-3-10-8(9)5-4-7(15)6-19-10/h1-5H,6H2. The van der Waals surface area contributed by atoms with Crippen LogP contribution in [-0.2, 0) is 14.9 Å². The number of halogens is 3. The van der Waals surface area contributed by atoms with Gasteiger partial charge in [-0.2, -0.15) is 21.6 Å². The summed E-state index contributed by atoms with van der Waals surface area (Å²) in [6.45, 7) is 0. The van der Waals surface area contributed by atoms with Crippen LogP contribution in [0.1, 0.15) is 5.56 Å². The summed E-state index contributed by atoms with van der Waals surface area (Å²) in [5, 5.41) is 0. The van der Waals surface area contributed by atoms with E-state index in [0.717, 1.165) is 17.8 Å². The molecule has 1 aliphatic rings. The third kappa shape index (κ3) is 2.98. The number of ketones is 1. The highest BCUT2D eigenvalue weighted by molar-refractivity contribution is 8.00. The maximum atomic E-state index is 12.3. The highest BCUT2D eigenvalue weighted by Gasteiger charge is 2.48. The lowest BCUT2D eigenvalue weighted by molar-refractivity contribution is -0.112. The molecule has 0 amide bonds. The van der Waals surface area contributed by atoms with Crippen molar-refractivity contribution in [1.82, 2.24) is 0 Å². The first-order chi connectivity index (χ1) is 9.21. The molecule has 20 heavy (non-hydrogen) atoms. The molecule has 0 fully saturated rings. The van der Waals surface area contributed by atoms with Crippen LogP contribution in [0.3, 0.4) is 0 Å². The molecule has 1 aromatic carbocycles. The summed E-state index contributed by atoms with van der Waals surface area (Å²) >= 11 is 1.10. The molecule has 0 saturated carbocycles. The Morgan fingerprint density at radius 3 is 2.55 bits per heavy atom. The molecule has 0 N–H and O–H groups in total. The number of benzene rings is 1. The molecule has 1 heterocycles. The third-order valence-electron chi connectivity index (χ3n) is 2.31. The third-order valence-corrected chi connectivity index (χ3v) is 4.38. The summed E-state index contributed by atoms with van der Waals surface area (Å²) in [4.78, 5) is 11.7. The van der Waals surface area contributed by atoms with Crippen molar-refractivity contribution in [1.29, 1.82) is 0 Å². The summed E-state index contributed by atoms with van der Waals surface area (Å²) in [6.07, 6.45) is 2.42. The topological polar surface area (TPSA) is 60.4 Å². The Labute approximate surface area is 116 Å². The minimum atomic E-state index is -5.74. The number of allylic oxidation sites excluding steroid dienone is 1. The van der Waals surface area contributed by atoms with Gasteiger partial charge in [0.15, 0.2) is 11.5 Å². The van der Waals surface area contributed by atoms with E-state index in [1.165, 1.54) is 18.2 Å². The number of alkyl halides is 3. The lowest BCUT2D eigenvalue weighted by Gasteiger charge is -2.12. The Kier molecular flexibility index (Phi) is 3.83. The van der Waals surface area contributed by atoms with Crippen LogP contribution in [0.5, 0.6) is 5.75 Å². The molecule has 0 saturated heterocycles. The van der Waals surface area contributed by atoms with E-state index in [9.17, 15) is 26.4 Å². The molecule has 108 valence electrons. The molecular weight excluding hydrogens is 317 g/mol. The molecule has 0 bridgehead atoms. The van der Waals surface area contributed by atoms with Gasteiger partial charge >= 0.3 is 15.6 Å². The maximum absolute atomic E-state index is 12.3. The molecule has 0 aromatic heterocycles. The molecular formula is C11H7F3O4S2. The van der Waals surface area contributed by atoms with E-state index in [1.54, 1.807) is 6.07 Å². The van der Waals surface area contributed by atoms with E-state index in [4.69, 9.17) is 0 Å². The van der Waals surface area contributed by atoms with Crippen molar-refractivity contribution in [3.05, 3.63) is 29.8 Å². The summed E-state index contributed by atoms with van der Waals surface area (Å²) in [5.74, 6) is -0.562. The second kappa shape index (κ2) is 5.13. The number of rotatable bonds is 2. The monoisotopic (exact) mass is 324 g/mol. The Balaban J connectivity index is 2.45. The highest BCUT2D eigenvalue weighted by Crippen LogP contribution is 2.36. The van der Waals surface area contributed by atoms with Crippen LogP contribution in [-0.4, -0.2) is 25.5 Å². The summed E-state index contributed by atoms with van der Waals surface area (Å²) in [7, 11) is -5.74. The van der Waals surface area contributed by atoms with Gasteiger partial charge in [-0.15, -0.1) is 11.8 Å². The predicted molar refractivity (Wildman–Crippen MR) is 66.8 cm³/mol. The summed E-state index contributed by atoms with van der Waals surface area (Å²) < 4.78 is 63.1. The number of fused-ring (bicyclic) bond motifs is 1. The van der Waals surface area contributed by atoms with Crippen LogP contribution in [0.4, 0.5) is 13.2 Å². The van der Waals surface area contributed by atoms with Gasteiger partial charge < -0.3 is 4.18 Å². The van der Waals surface area contributed by atoms with Crippen molar-refractivity contribution in [3.8, 4) is 5.75 Å². The molecule has 0 spiro atoms. The molecule has 0 radical (unpaired) electrons. The Morgan fingerprint density at radius 2 is 1.90 bits per heavy atom. The lowest BCUT2D eigenvalue weighted by Crippen LogP contribution is -2.28. The Bertz CT molecular complexity index is 677. The summed E-state index contributed by atoms with van der Waals surface area (Å²) in [6, 6.07) is 4.02. The highest BCUT2D eigenvalue weighted by atomic mass is 32.2. The van der Waals surface area contributed by atoms with Crippen molar-refractivity contribution < 1.29 is 30.6 Å². The van der Waals surface area contributed by atoms with Crippen LogP contribution in [0.15, 0.2) is 29.2 Å². The number of hydrogen-bond donors (Lipinski definition) is 0. The van der Waals surface area contributed by atoms with Crippen molar-refractivity contribution in [3.63, 3.8) is 0 Å². The number of thioether (sulfide) groups is 1. The maximum Gasteiger partial charge on any atom is 0.534 e. The van der Waals surface area contributed by atoms with Gasteiger partial charge in [-0.3, -0.25) is 4.79 Å². The molecule has 0 atom stereocenters. The molecule has 4 nitrogen and oxygen atoms in total. The smallest absolute Gasteiger partial charge is 0.375 e. The van der Waals surface area contributed by atoms with Gasteiger partial charge in [-0.1, -0.05) is 6.07 Å². The van der Waals surface area contributed by atoms with Crippen LogP contribution < -0.4 is 4.18 Å². The average Bonchev–Trinajstić information content (AvgIpc) is 2.51. The van der Waals surface area contributed by atoms with Crippen LogP contribution in [0.25, 0.3) is 6.08 Å². The van der Waals surface area contributed by atoms with Gasteiger partial charge in [0.25, 0.3) is 0 Å². The molecule has 1 aromatic rings. The van der Waals surface area contributed by atoms with Crippen molar-refractivity contribution >= 4 is 33.7 Å². The van der Waals surface area contributed by atoms with Crippen molar-refractivity contribution in [2.24, 2.45) is 0 Å². The molecule has 2 rings (SSSR count). The predicted octanol–water partition coefficient (Wildman–Crippen LogP) is 2.60. The van der Waals surface area contributed by atoms with E-state index >= 15 is 0 Å². The van der Waals surface area contributed by atoms with E-state index < -0.39 is 21.4 Å². The van der Waals surface area contributed by atoms with E-state index in [2.05, 4.69) is 4.18 Å². The molecule has 0 unspecified atom stereocenters. The fourth-order valence-electron chi connectivity index (χ4n) is 1.43.